The van der Waals surface area contributed by atoms with Gasteiger partial charge in [-0.15, -0.1) is 0 Å². The summed E-state index contributed by atoms with van der Waals surface area (Å²) in [5.74, 6) is 0. The summed E-state index contributed by atoms with van der Waals surface area (Å²) < 4.78 is 33.4. The van der Waals surface area contributed by atoms with E-state index in [-0.39, 0.29) is 5.03 Å². The Morgan fingerprint density at radius 2 is 2.24 bits per heavy atom. The lowest BCUT2D eigenvalue weighted by atomic mass is 9.97. The number of aromatic amines is 1. The van der Waals surface area contributed by atoms with Gasteiger partial charge >= 0.3 is 0 Å². The number of hydrogen-bond acceptors (Lipinski definition) is 5. The second-order valence-electron chi connectivity index (χ2n) is 5.73. The Morgan fingerprint density at radius 3 is 2.86 bits per heavy atom. The molecule has 1 aromatic heterocycles. The van der Waals surface area contributed by atoms with E-state index < -0.39 is 15.6 Å². The summed E-state index contributed by atoms with van der Waals surface area (Å²) in [5.41, 5.74) is 0.880. The van der Waals surface area contributed by atoms with Gasteiger partial charge < -0.3 is 10.1 Å². The topological polar surface area (TPSA) is 96.1 Å². The van der Waals surface area contributed by atoms with Gasteiger partial charge in [0.15, 0.2) is 5.03 Å². The Hall–Kier alpha value is -0.960. The Kier molecular flexibility index (Phi) is 5.03. The van der Waals surface area contributed by atoms with E-state index in [1.165, 1.54) is 0 Å². The maximum absolute atomic E-state index is 12.6. The van der Waals surface area contributed by atoms with Crippen molar-refractivity contribution in [3.8, 4) is 0 Å². The molecule has 3 N–H and O–H groups in total. The number of aryl methyl sites for hydroxylation is 1. The molecular formula is C13H24N4O3S. The first kappa shape index (κ1) is 16.4. The summed E-state index contributed by atoms with van der Waals surface area (Å²) in [7, 11) is -3.67. The third-order valence-electron chi connectivity index (χ3n) is 3.66. The highest BCUT2D eigenvalue weighted by atomic mass is 32.2. The van der Waals surface area contributed by atoms with E-state index in [4.69, 9.17) is 4.74 Å². The summed E-state index contributed by atoms with van der Waals surface area (Å²) in [6.45, 7) is 7.98. The van der Waals surface area contributed by atoms with Crippen molar-refractivity contribution in [3.05, 3.63) is 11.3 Å². The van der Waals surface area contributed by atoms with Crippen molar-refractivity contribution in [2.45, 2.75) is 50.7 Å². The van der Waals surface area contributed by atoms with Gasteiger partial charge in [0.05, 0.1) is 12.1 Å². The van der Waals surface area contributed by atoms with Crippen molar-refractivity contribution in [3.63, 3.8) is 0 Å². The van der Waals surface area contributed by atoms with Crippen LogP contribution >= 0.6 is 0 Å². The summed E-state index contributed by atoms with van der Waals surface area (Å²) in [6, 6.07) is 0. The van der Waals surface area contributed by atoms with Crippen LogP contribution in [0.15, 0.2) is 5.03 Å². The van der Waals surface area contributed by atoms with Crippen molar-refractivity contribution in [1.82, 2.24) is 20.2 Å². The summed E-state index contributed by atoms with van der Waals surface area (Å²) in [6.07, 6.45) is 1.61. The second kappa shape index (κ2) is 6.43. The quantitative estimate of drug-likeness (QED) is 0.717. The molecule has 0 aromatic carbocycles. The number of hydrogen-bond donors (Lipinski definition) is 3. The Balaban J connectivity index is 2.23. The maximum atomic E-state index is 12.6. The van der Waals surface area contributed by atoms with E-state index in [0.29, 0.717) is 25.3 Å². The normalized spacial score (nSPS) is 23.4. The highest BCUT2D eigenvalue weighted by molar-refractivity contribution is 7.89. The molecule has 1 saturated heterocycles. The van der Waals surface area contributed by atoms with Gasteiger partial charge in [-0.2, -0.15) is 5.10 Å². The maximum Gasteiger partial charge on any atom is 0.260 e. The van der Waals surface area contributed by atoms with Gasteiger partial charge in [-0.3, -0.25) is 5.10 Å². The highest BCUT2D eigenvalue weighted by Gasteiger charge is 2.35. The SMILES string of the molecule is CCNCc1c(S(=O)(=O)NC2(C)CCCOC2)n[nH]c1C. The van der Waals surface area contributed by atoms with Crippen LogP contribution in [0.4, 0.5) is 0 Å². The third-order valence-corrected chi connectivity index (χ3v) is 5.27. The largest absolute Gasteiger partial charge is 0.380 e. The molecule has 1 atom stereocenters. The fraction of sp³-hybridized carbons (Fsp3) is 0.769. The van der Waals surface area contributed by atoms with E-state index in [2.05, 4.69) is 20.2 Å². The van der Waals surface area contributed by atoms with E-state index in [9.17, 15) is 8.42 Å². The standard InChI is InChI=1S/C13H24N4O3S/c1-4-14-8-11-10(2)15-16-12(11)21(18,19)17-13(3)6-5-7-20-9-13/h14,17H,4-9H2,1-3H3,(H,15,16). The number of ether oxygens (including phenoxy) is 1. The first-order valence-electron chi connectivity index (χ1n) is 7.24. The van der Waals surface area contributed by atoms with Gasteiger partial charge in [-0.05, 0) is 33.2 Å². The minimum atomic E-state index is -3.67. The molecule has 0 bridgehead atoms. The van der Waals surface area contributed by atoms with Crippen LogP contribution in [0.3, 0.4) is 0 Å². The van der Waals surface area contributed by atoms with Crippen LogP contribution in [0.1, 0.15) is 37.9 Å². The molecule has 21 heavy (non-hydrogen) atoms. The lowest BCUT2D eigenvalue weighted by Crippen LogP contribution is -2.51. The fourth-order valence-corrected chi connectivity index (χ4v) is 4.12. The van der Waals surface area contributed by atoms with E-state index >= 15 is 0 Å². The molecule has 7 nitrogen and oxygen atoms in total. The van der Waals surface area contributed by atoms with Crippen LogP contribution in [0, 0.1) is 6.92 Å². The summed E-state index contributed by atoms with van der Waals surface area (Å²) in [4.78, 5) is 0. The molecule has 0 aliphatic carbocycles. The number of aromatic nitrogens is 2. The van der Waals surface area contributed by atoms with Crippen LogP contribution in [-0.2, 0) is 21.3 Å². The van der Waals surface area contributed by atoms with Crippen molar-refractivity contribution in [1.29, 1.82) is 0 Å². The van der Waals surface area contributed by atoms with E-state index in [1.807, 2.05) is 20.8 Å². The van der Waals surface area contributed by atoms with E-state index in [1.54, 1.807) is 0 Å². The average molecular weight is 316 g/mol. The number of sulfonamides is 1. The van der Waals surface area contributed by atoms with Gasteiger partial charge in [-0.25, -0.2) is 13.1 Å². The third kappa shape index (κ3) is 3.82. The Labute approximate surface area is 125 Å². The minimum absolute atomic E-state index is 0.0766. The smallest absolute Gasteiger partial charge is 0.260 e. The van der Waals surface area contributed by atoms with Crippen LogP contribution in [0.2, 0.25) is 0 Å². The van der Waals surface area contributed by atoms with Gasteiger partial charge in [-0.1, -0.05) is 6.92 Å². The van der Waals surface area contributed by atoms with E-state index in [0.717, 1.165) is 25.1 Å². The molecular weight excluding hydrogens is 292 g/mol. The minimum Gasteiger partial charge on any atom is -0.380 e. The van der Waals surface area contributed by atoms with Gasteiger partial charge in [0, 0.05) is 24.4 Å². The zero-order valence-corrected chi connectivity index (χ0v) is 13.6. The van der Waals surface area contributed by atoms with Crippen molar-refractivity contribution >= 4 is 10.0 Å². The van der Waals surface area contributed by atoms with Gasteiger partial charge in [0.2, 0.25) is 0 Å². The molecule has 0 radical (unpaired) electrons. The van der Waals surface area contributed by atoms with Crippen LogP contribution in [-0.4, -0.2) is 43.9 Å². The summed E-state index contributed by atoms with van der Waals surface area (Å²) in [5, 5.41) is 9.96. The molecule has 1 aliphatic rings. The van der Waals surface area contributed by atoms with Crippen LogP contribution in [0.25, 0.3) is 0 Å². The molecule has 2 rings (SSSR count). The molecule has 0 saturated carbocycles. The van der Waals surface area contributed by atoms with Crippen molar-refractivity contribution in [2.24, 2.45) is 0 Å². The number of nitrogens with one attached hydrogen (secondary N) is 3. The van der Waals surface area contributed by atoms with Crippen LogP contribution < -0.4 is 10.0 Å². The highest BCUT2D eigenvalue weighted by Crippen LogP contribution is 2.23. The number of rotatable bonds is 6. The first-order valence-corrected chi connectivity index (χ1v) is 8.72. The second-order valence-corrected chi connectivity index (χ2v) is 7.33. The molecule has 120 valence electrons. The average Bonchev–Trinajstić information content (AvgIpc) is 2.78. The Bertz CT molecular complexity index is 576. The first-order chi connectivity index (χ1) is 9.88. The molecule has 1 fully saturated rings. The zero-order valence-electron chi connectivity index (χ0n) is 12.8. The van der Waals surface area contributed by atoms with Gasteiger partial charge in [0.25, 0.3) is 10.0 Å². The molecule has 8 heteroatoms. The number of nitrogens with zero attached hydrogens (tertiary/aromatic N) is 1. The molecule has 2 heterocycles. The molecule has 0 amide bonds. The monoisotopic (exact) mass is 316 g/mol. The zero-order chi connectivity index (χ0) is 15.5. The molecule has 0 spiro atoms. The molecule has 1 unspecified atom stereocenters. The predicted octanol–water partition coefficient (Wildman–Crippen LogP) is 0.675. The number of H-pyrrole nitrogens is 1. The lowest BCUT2D eigenvalue weighted by Gasteiger charge is -2.33. The van der Waals surface area contributed by atoms with Gasteiger partial charge in [0.1, 0.15) is 0 Å². The van der Waals surface area contributed by atoms with Crippen LogP contribution in [0.5, 0.6) is 0 Å². The Morgan fingerprint density at radius 1 is 1.48 bits per heavy atom. The summed E-state index contributed by atoms with van der Waals surface area (Å²) >= 11 is 0. The molecule has 1 aliphatic heterocycles. The molecule has 1 aromatic rings. The van der Waals surface area contributed by atoms with Crippen molar-refractivity contribution in [2.75, 3.05) is 19.8 Å². The lowest BCUT2D eigenvalue weighted by molar-refractivity contribution is 0.0386. The predicted molar refractivity (Wildman–Crippen MR) is 79.5 cm³/mol. The van der Waals surface area contributed by atoms with Crippen molar-refractivity contribution < 1.29 is 13.2 Å². The fourth-order valence-electron chi connectivity index (χ4n) is 2.50.